The van der Waals surface area contributed by atoms with Crippen LogP contribution in [-0.2, 0) is 0 Å². The number of allylic oxidation sites excluding steroid dienone is 3. The first-order valence-corrected chi connectivity index (χ1v) is 4.78. The number of fused-ring (bicyclic) bond motifs is 2. The molecule has 0 atom stereocenters. The topological polar surface area (TPSA) is 47.9 Å². The highest BCUT2D eigenvalue weighted by Gasteiger charge is 2.29. The lowest BCUT2D eigenvalue weighted by Gasteiger charge is -2.25. The van der Waals surface area contributed by atoms with Crippen LogP contribution < -0.4 is 5.43 Å². The van der Waals surface area contributed by atoms with Gasteiger partial charge in [-0.2, -0.15) is 0 Å². The van der Waals surface area contributed by atoms with Crippen molar-refractivity contribution in [2.24, 2.45) is 4.99 Å². The molecule has 1 fully saturated rings. The van der Waals surface area contributed by atoms with E-state index in [1.165, 1.54) is 0 Å². The Balaban J connectivity index is 2.12. The molecule has 72 valence electrons. The second-order valence-electron chi connectivity index (χ2n) is 3.49. The molecule has 1 saturated heterocycles. The van der Waals surface area contributed by atoms with Crippen LogP contribution in [0.1, 0.15) is 12.8 Å². The molecule has 3 rings (SSSR count). The van der Waals surface area contributed by atoms with Gasteiger partial charge in [-0.25, -0.2) is 15.4 Å². The van der Waals surface area contributed by atoms with E-state index in [9.17, 15) is 5.11 Å². The molecule has 2 aliphatic heterocycles. The van der Waals surface area contributed by atoms with Crippen LogP contribution in [0.25, 0.3) is 0 Å². The predicted octanol–water partition coefficient (Wildman–Crippen LogP) is 1.22. The summed E-state index contributed by atoms with van der Waals surface area (Å²) in [4.78, 5) is 4.49. The first kappa shape index (κ1) is 7.82. The van der Waals surface area contributed by atoms with Crippen molar-refractivity contribution in [2.75, 3.05) is 6.54 Å². The van der Waals surface area contributed by atoms with Gasteiger partial charge in [0.05, 0.1) is 11.3 Å². The zero-order chi connectivity index (χ0) is 9.54. The van der Waals surface area contributed by atoms with Crippen molar-refractivity contribution >= 4 is 5.84 Å². The van der Waals surface area contributed by atoms with E-state index < -0.39 is 0 Å². The maximum absolute atomic E-state index is 9.94. The third kappa shape index (κ3) is 0.943. The van der Waals surface area contributed by atoms with Gasteiger partial charge in [0.1, 0.15) is 5.84 Å². The number of nitrogens with one attached hydrogen (secondary N) is 1. The van der Waals surface area contributed by atoms with Crippen molar-refractivity contribution < 1.29 is 5.11 Å². The smallest absolute Gasteiger partial charge is 0.217 e. The quantitative estimate of drug-likeness (QED) is 0.602. The predicted molar refractivity (Wildman–Crippen MR) is 53.4 cm³/mol. The minimum atomic E-state index is 0.273. The number of aliphatic hydroxyl groups excluding tert-OH is 1. The normalized spacial score (nSPS) is 24.4. The van der Waals surface area contributed by atoms with Gasteiger partial charge in [-0.05, 0) is 6.42 Å². The van der Waals surface area contributed by atoms with E-state index in [1.54, 1.807) is 5.01 Å². The first-order chi connectivity index (χ1) is 6.86. The van der Waals surface area contributed by atoms with Crippen molar-refractivity contribution in [1.82, 2.24) is 10.4 Å². The van der Waals surface area contributed by atoms with Gasteiger partial charge < -0.3 is 5.11 Å². The summed E-state index contributed by atoms with van der Waals surface area (Å²) >= 11 is 0. The van der Waals surface area contributed by atoms with E-state index in [0.29, 0.717) is 0 Å². The molecule has 0 amide bonds. The molecular weight excluding hydrogens is 178 g/mol. The summed E-state index contributed by atoms with van der Waals surface area (Å²) in [5.41, 5.74) is 4.79. The van der Waals surface area contributed by atoms with E-state index in [-0.39, 0.29) is 5.88 Å². The molecule has 0 radical (unpaired) electrons. The van der Waals surface area contributed by atoms with E-state index >= 15 is 0 Å². The van der Waals surface area contributed by atoms with Crippen LogP contribution in [0.2, 0.25) is 0 Å². The molecule has 0 spiro atoms. The zero-order valence-corrected chi connectivity index (χ0v) is 7.70. The Morgan fingerprint density at radius 2 is 2.43 bits per heavy atom. The molecular formula is C10H11N3O. The minimum Gasteiger partial charge on any atom is -0.493 e. The largest absolute Gasteiger partial charge is 0.493 e. The van der Waals surface area contributed by atoms with Crippen LogP contribution in [0.5, 0.6) is 0 Å². The van der Waals surface area contributed by atoms with Crippen molar-refractivity contribution in [1.29, 1.82) is 0 Å². The maximum Gasteiger partial charge on any atom is 0.217 e. The molecule has 0 saturated carbocycles. The number of aliphatic imine (C=N–C) groups is 1. The third-order valence-electron chi connectivity index (χ3n) is 2.59. The van der Waals surface area contributed by atoms with Crippen LogP contribution in [0, 0.1) is 0 Å². The number of hydrazine groups is 1. The average Bonchev–Trinajstić information content (AvgIpc) is 2.66. The summed E-state index contributed by atoms with van der Waals surface area (Å²) in [7, 11) is 0. The highest BCUT2D eigenvalue weighted by atomic mass is 16.3. The fourth-order valence-corrected chi connectivity index (χ4v) is 1.90. The SMILES string of the molecule is OC1=C2C=CCC=C2N=C2CCNN21. The summed E-state index contributed by atoms with van der Waals surface area (Å²) in [5, 5.41) is 11.6. The molecule has 0 aromatic carbocycles. The van der Waals surface area contributed by atoms with Gasteiger partial charge in [0, 0.05) is 13.0 Å². The van der Waals surface area contributed by atoms with Gasteiger partial charge in [-0.1, -0.05) is 18.2 Å². The van der Waals surface area contributed by atoms with Crippen LogP contribution in [0.15, 0.2) is 40.4 Å². The van der Waals surface area contributed by atoms with Gasteiger partial charge in [-0.15, -0.1) is 0 Å². The highest BCUT2D eigenvalue weighted by molar-refractivity contribution is 5.88. The van der Waals surface area contributed by atoms with E-state index in [1.807, 2.05) is 18.2 Å². The minimum absolute atomic E-state index is 0.273. The summed E-state index contributed by atoms with van der Waals surface area (Å²) in [6, 6.07) is 0. The molecule has 0 aromatic rings. The van der Waals surface area contributed by atoms with Crippen molar-refractivity contribution in [3.63, 3.8) is 0 Å². The average molecular weight is 189 g/mol. The molecule has 4 nitrogen and oxygen atoms in total. The molecule has 0 aromatic heterocycles. The highest BCUT2D eigenvalue weighted by Crippen LogP contribution is 2.29. The van der Waals surface area contributed by atoms with Gasteiger partial charge in [0.25, 0.3) is 0 Å². The lowest BCUT2D eigenvalue weighted by molar-refractivity contribution is 0.236. The number of aliphatic hydroxyl groups is 1. The Morgan fingerprint density at radius 3 is 3.36 bits per heavy atom. The summed E-state index contributed by atoms with van der Waals surface area (Å²) in [6.07, 6.45) is 7.75. The molecule has 4 heteroatoms. The van der Waals surface area contributed by atoms with E-state index in [0.717, 1.165) is 36.5 Å². The molecule has 0 unspecified atom stereocenters. The molecule has 0 bridgehead atoms. The number of rotatable bonds is 0. The lowest BCUT2D eigenvalue weighted by Crippen LogP contribution is -2.36. The van der Waals surface area contributed by atoms with Crippen LogP contribution >= 0.6 is 0 Å². The van der Waals surface area contributed by atoms with E-state index in [4.69, 9.17) is 0 Å². The standard InChI is InChI=1S/C10H11N3O/c14-10-7-3-1-2-4-8(7)12-9-5-6-11-13(9)10/h1,3-4,11,14H,2,5-6H2. The first-order valence-electron chi connectivity index (χ1n) is 4.78. The second kappa shape index (κ2) is 2.72. The van der Waals surface area contributed by atoms with E-state index in [2.05, 4.69) is 10.4 Å². The maximum atomic E-state index is 9.94. The van der Waals surface area contributed by atoms with Gasteiger partial charge in [0.2, 0.25) is 5.88 Å². The summed E-state index contributed by atoms with van der Waals surface area (Å²) in [6.45, 7) is 0.840. The number of hydrogen-bond acceptors (Lipinski definition) is 4. The van der Waals surface area contributed by atoms with Crippen molar-refractivity contribution in [2.45, 2.75) is 12.8 Å². The summed E-state index contributed by atoms with van der Waals surface area (Å²) < 4.78 is 0. The van der Waals surface area contributed by atoms with Crippen LogP contribution in [-0.4, -0.2) is 22.5 Å². The van der Waals surface area contributed by atoms with Gasteiger partial charge >= 0.3 is 0 Å². The zero-order valence-electron chi connectivity index (χ0n) is 7.70. The Bertz CT molecular complexity index is 404. The Labute approximate surface area is 81.9 Å². The lowest BCUT2D eigenvalue weighted by atomic mass is 10.1. The molecule has 2 heterocycles. The van der Waals surface area contributed by atoms with Crippen LogP contribution in [0.3, 0.4) is 0 Å². The fourth-order valence-electron chi connectivity index (χ4n) is 1.90. The monoisotopic (exact) mass is 189 g/mol. The Kier molecular flexibility index (Phi) is 1.52. The van der Waals surface area contributed by atoms with Gasteiger partial charge in [-0.3, -0.25) is 0 Å². The molecule has 14 heavy (non-hydrogen) atoms. The summed E-state index contributed by atoms with van der Waals surface area (Å²) in [5.74, 6) is 1.18. The fraction of sp³-hybridized carbons (Fsp3) is 0.300. The Hall–Kier alpha value is -1.55. The van der Waals surface area contributed by atoms with Gasteiger partial charge in [0.15, 0.2) is 0 Å². The molecule has 2 N–H and O–H groups in total. The number of amidine groups is 1. The molecule has 1 aliphatic carbocycles. The molecule has 3 aliphatic rings. The van der Waals surface area contributed by atoms with Crippen LogP contribution in [0.4, 0.5) is 0 Å². The number of hydrogen-bond donors (Lipinski definition) is 2. The second-order valence-corrected chi connectivity index (χ2v) is 3.49. The Morgan fingerprint density at radius 1 is 1.50 bits per heavy atom. The van der Waals surface area contributed by atoms with Crippen molar-refractivity contribution in [3.8, 4) is 0 Å². The number of nitrogens with zero attached hydrogens (tertiary/aromatic N) is 2. The van der Waals surface area contributed by atoms with Crippen molar-refractivity contribution in [3.05, 3.63) is 35.4 Å². The third-order valence-corrected chi connectivity index (χ3v) is 2.59.